The van der Waals surface area contributed by atoms with Crippen molar-refractivity contribution in [3.8, 4) is 0 Å². The van der Waals surface area contributed by atoms with E-state index in [1.54, 1.807) is 6.08 Å². The molecule has 1 aliphatic rings. The van der Waals surface area contributed by atoms with Crippen molar-refractivity contribution in [2.24, 2.45) is 10.7 Å². The van der Waals surface area contributed by atoms with Gasteiger partial charge >= 0.3 is 5.97 Å². The second-order valence-electron chi connectivity index (χ2n) is 7.50. The van der Waals surface area contributed by atoms with Crippen LogP contribution < -0.4 is 27.6 Å². The number of allylic oxidation sites excluding steroid dienone is 1. The van der Waals surface area contributed by atoms with Gasteiger partial charge in [-0.15, -0.1) is 0 Å². The van der Waals surface area contributed by atoms with Gasteiger partial charge in [-0.25, -0.2) is 4.99 Å². The zero-order valence-corrected chi connectivity index (χ0v) is 16.8. The predicted octanol–water partition coefficient (Wildman–Crippen LogP) is 0.697. The van der Waals surface area contributed by atoms with Crippen LogP contribution in [0.25, 0.3) is 11.6 Å². The Hall–Kier alpha value is -3.91. The van der Waals surface area contributed by atoms with Gasteiger partial charge in [0, 0.05) is 23.0 Å². The van der Waals surface area contributed by atoms with Gasteiger partial charge in [0.1, 0.15) is 6.04 Å². The number of nitrogens with two attached hydrogens (primary N) is 2. The van der Waals surface area contributed by atoms with Crippen molar-refractivity contribution < 1.29 is 9.90 Å². The number of hydrogen-bond acceptors (Lipinski definition) is 5. The summed E-state index contributed by atoms with van der Waals surface area (Å²) < 4.78 is 0. The standard InChI is InChI=1S/C23H23N5O3/c24-14-8-5-13(6-9-14)7-10-20-17(22(29)28-27-20)12-21-16(11-18(25)23(30)31)15-3-1-2-4-19(15)26-21/h1-6,8-9,12,18H,7,10-11,24-25H2,(H,30,31)(H2,27,28,29)/b21-12+. The number of nitrogens with one attached hydrogen (secondary N) is 2. The summed E-state index contributed by atoms with van der Waals surface area (Å²) in [5, 5.41) is 16.4. The van der Waals surface area contributed by atoms with E-state index in [4.69, 9.17) is 11.5 Å². The largest absolute Gasteiger partial charge is 0.480 e. The molecule has 0 bridgehead atoms. The molecule has 1 aromatic heterocycles. The van der Waals surface area contributed by atoms with E-state index < -0.39 is 12.0 Å². The molecule has 1 atom stereocenters. The summed E-state index contributed by atoms with van der Waals surface area (Å²) in [6.45, 7) is 0. The summed E-state index contributed by atoms with van der Waals surface area (Å²) in [4.78, 5) is 28.4. The fourth-order valence-corrected chi connectivity index (χ4v) is 3.65. The summed E-state index contributed by atoms with van der Waals surface area (Å²) in [5.41, 5.74) is 15.6. The van der Waals surface area contributed by atoms with E-state index in [0.717, 1.165) is 33.8 Å². The average molecular weight is 417 g/mol. The van der Waals surface area contributed by atoms with Gasteiger partial charge in [-0.2, -0.15) is 0 Å². The van der Waals surface area contributed by atoms with E-state index in [2.05, 4.69) is 15.2 Å². The van der Waals surface area contributed by atoms with Crippen LogP contribution in [0.5, 0.6) is 0 Å². The molecule has 0 spiro atoms. The molecule has 8 heteroatoms. The van der Waals surface area contributed by atoms with Gasteiger partial charge in [0.25, 0.3) is 5.56 Å². The zero-order valence-electron chi connectivity index (χ0n) is 16.8. The number of aromatic nitrogens is 2. The number of H-pyrrole nitrogens is 2. The summed E-state index contributed by atoms with van der Waals surface area (Å²) in [6.07, 6.45) is 3.16. The molecule has 1 aliphatic heterocycles. The van der Waals surface area contributed by atoms with E-state index in [-0.39, 0.29) is 12.0 Å². The first kappa shape index (κ1) is 20.4. The highest BCUT2D eigenvalue weighted by molar-refractivity contribution is 5.81. The van der Waals surface area contributed by atoms with Crippen LogP contribution >= 0.6 is 0 Å². The quantitative estimate of drug-likeness (QED) is 0.359. The van der Waals surface area contributed by atoms with Crippen molar-refractivity contribution in [3.05, 3.63) is 92.0 Å². The highest BCUT2D eigenvalue weighted by Gasteiger charge is 2.21. The highest BCUT2D eigenvalue weighted by atomic mass is 16.4. The van der Waals surface area contributed by atoms with Gasteiger partial charge in [0.2, 0.25) is 0 Å². The van der Waals surface area contributed by atoms with Gasteiger partial charge in [-0.05, 0) is 48.3 Å². The molecule has 0 radical (unpaired) electrons. The van der Waals surface area contributed by atoms with E-state index in [1.807, 2.05) is 48.5 Å². The van der Waals surface area contributed by atoms with Crippen molar-refractivity contribution in [2.45, 2.75) is 25.3 Å². The smallest absolute Gasteiger partial charge is 0.320 e. The maximum Gasteiger partial charge on any atom is 0.320 e. The number of anilines is 1. The second kappa shape index (κ2) is 8.45. The third-order valence-corrected chi connectivity index (χ3v) is 5.34. The molecule has 7 N–H and O–H groups in total. The first-order chi connectivity index (χ1) is 14.9. The predicted molar refractivity (Wildman–Crippen MR) is 119 cm³/mol. The van der Waals surface area contributed by atoms with Gasteiger partial charge in [-0.1, -0.05) is 30.3 Å². The Morgan fingerprint density at radius 3 is 2.58 bits per heavy atom. The van der Waals surface area contributed by atoms with Gasteiger partial charge in [-0.3, -0.25) is 14.7 Å². The van der Waals surface area contributed by atoms with Crippen molar-refractivity contribution in [1.82, 2.24) is 10.2 Å². The summed E-state index contributed by atoms with van der Waals surface area (Å²) in [5.74, 6) is -1.08. The number of aromatic amines is 2. The van der Waals surface area contributed by atoms with Gasteiger partial charge in [0.15, 0.2) is 0 Å². The monoisotopic (exact) mass is 417 g/mol. The number of fused-ring (bicyclic) bond motifs is 1. The molecule has 0 fully saturated rings. The Morgan fingerprint density at radius 2 is 1.84 bits per heavy atom. The maximum atomic E-state index is 12.5. The Balaban J connectivity index is 1.68. The molecule has 0 aliphatic carbocycles. The number of carbonyl (C=O) groups is 1. The number of aliphatic carboxylic acids is 1. The number of aryl methyl sites for hydroxylation is 2. The molecule has 158 valence electrons. The molecule has 0 saturated carbocycles. The maximum absolute atomic E-state index is 12.5. The van der Waals surface area contributed by atoms with Crippen molar-refractivity contribution in [1.29, 1.82) is 0 Å². The van der Waals surface area contributed by atoms with Crippen LogP contribution in [0, 0.1) is 0 Å². The third-order valence-electron chi connectivity index (χ3n) is 5.34. The van der Waals surface area contributed by atoms with Crippen molar-refractivity contribution in [3.63, 3.8) is 0 Å². The highest BCUT2D eigenvalue weighted by Crippen LogP contribution is 2.22. The molecular formula is C23H23N5O3. The number of nitrogens with zero attached hydrogens (tertiary/aromatic N) is 1. The minimum Gasteiger partial charge on any atom is -0.480 e. The molecular weight excluding hydrogens is 394 g/mol. The van der Waals surface area contributed by atoms with E-state index in [0.29, 0.717) is 23.4 Å². The lowest BCUT2D eigenvalue weighted by Crippen LogP contribution is -2.32. The Labute approximate surface area is 177 Å². The summed E-state index contributed by atoms with van der Waals surface area (Å²) in [7, 11) is 0. The number of para-hydroxylation sites is 1. The van der Waals surface area contributed by atoms with Crippen LogP contribution in [-0.2, 0) is 17.6 Å². The fraction of sp³-hybridized carbons (Fsp3) is 0.174. The molecule has 2 aromatic carbocycles. The molecule has 1 unspecified atom stereocenters. The second-order valence-corrected chi connectivity index (χ2v) is 7.50. The fourth-order valence-electron chi connectivity index (χ4n) is 3.65. The van der Waals surface area contributed by atoms with Crippen LogP contribution in [0.2, 0.25) is 0 Å². The molecule has 31 heavy (non-hydrogen) atoms. The Kier molecular flexibility index (Phi) is 5.55. The third kappa shape index (κ3) is 4.34. The minimum absolute atomic E-state index is 0.116. The van der Waals surface area contributed by atoms with Crippen LogP contribution in [0.3, 0.4) is 0 Å². The van der Waals surface area contributed by atoms with Crippen molar-refractivity contribution >= 4 is 23.3 Å². The normalized spacial score (nSPS) is 15.0. The van der Waals surface area contributed by atoms with Crippen LogP contribution in [0.4, 0.5) is 5.69 Å². The molecule has 2 heterocycles. The van der Waals surface area contributed by atoms with E-state index in [1.165, 1.54) is 0 Å². The molecule has 4 rings (SSSR count). The number of benzene rings is 2. The van der Waals surface area contributed by atoms with Gasteiger partial charge in [0.05, 0.1) is 16.6 Å². The van der Waals surface area contributed by atoms with Crippen LogP contribution in [0.15, 0.2) is 64.0 Å². The molecule has 8 nitrogen and oxygen atoms in total. The van der Waals surface area contributed by atoms with E-state index in [9.17, 15) is 14.7 Å². The van der Waals surface area contributed by atoms with Crippen LogP contribution in [-0.4, -0.2) is 27.3 Å². The summed E-state index contributed by atoms with van der Waals surface area (Å²) in [6, 6.07) is 14.0. The van der Waals surface area contributed by atoms with E-state index >= 15 is 0 Å². The van der Waals surface area contributed by atoms with Gasteiger partial charge < -0.3 is 21.7 Å². The van der Waals surface area contributed by atoms with Crippen molar-refractivity contribution in [2.75, 3.05) is 5.73 Å². The first-order valence-electron chi connectivity index (χ1n) is 9.93. The number of hydrogen-bond donors (Lipinski definition) is 5. The lowest BCUT2D eigenvalue weighted by Gasteiger charge is -2.09. The lowest BCUT2D eigenvalue weighted by molar-refractivity contribution is -0.138. The molecule has 0 saturated heterocycles. The van der Waals surface area contributed by atoms with Crippen LogP contribution in [0.1, 0.15) is 23.2 Å². The Morgan fingerprint density at radius 1 is 1.10 bits per heavy atom. The molecule has 0 amide bonds. The topological polar surface area (TPSA) is 150 Å². The SMILES string of the molecule is Nc1ccc(CCc2[nH][nH]c(=O)c2/C=C2/N=c3ccccc3=C2CC(N)C(=O)O)cc1. The zero-order chi connectivity index (χ0) is 22.0. The average Bonchev–Trinajstić information content (AvgIpc) is 3.28. The molecule has 3 aromatic rings. The number of rotatable bonds is 7. The number of carboxylic acids is 1. The summed E-state index contributed by atoms with van der Waals surface area (Å²) >= 11 is 0. The lowest BCUT2D eigenvalue weighted by atomic mass is 10.00. The first-order valence-corrected chi connectivity index (χ1v) is 9.93. The number of carboxylic acid groups (broad SMARTS) is 1. The minimum atomic E-state index is -1.08. The Bertz CT molecular complexity index is 1330. The number of nitrogen functional groups attached to an aromatic ring is 1.